The summed E-state index contributed by atoms with van der Waals surface area (Å²) in [5.41, 5.74) is 1.97. The summed E-state index contributed by atoms with van der Waals surface area (Å²) in [6, 6.07) is 12.3. The van der Waals surface area contributed by atoms with E-state index < -0.39 is 11.1 Å². The van der Waals surface area contributed by atoms with E-state index in [2.05, 4.69) is 5.32 Å². The van der Waals surface area contributed by atoms with Gasteiger partial charge in [0.25, 0.3) is 5.91 Å². The van der Waals surface area contributed by atoms with Crippen molar-refractivity contribution in [3.63, 3.8) is 0 Å². The molecule has 1 fully saturated rings. The molecule has 4 rings (SSSR count). The molecule has 1 amide bonds. The molecule has 35 heavy (non-hydrogen) atoms. The second kappa shape index (κ2) is 9.41. The first-order valence-corrected chi connectivity index (χ1v) is 12.5. The molecule has 1 aliphatic rings. The molecule has 9 heteroatoms. The summed E-state index contributed by atoms with van der Waals surface area (Å²) in [5.74, 6) is -0.294. The van der Waals surface area contributed by atoms with Crippen LogP contribution in [0.3, 0.4) is 0 Å². The van der Waals surface area contributed by atoms with E-state index in [1.54, 1.807) is 35.0 Å². The molecule has 0 atom stereocenters. The number of halogens is 3. The van der Waals surface area contributed by atoms with E-state index >= 15 is 0 Å². The largest absolute Gasteiger partial charge is 0.348 e. The van der Waals surface area contributed by atoms with Crippen molar-refractivity contribution in [1.29, 1.82) is 0 Å². The zero-order valence-corrected chi connectivity index (χ0v) is 22.6. The van der Waals surface area contributed by atoms with Gasteiger partial charge in [-0.15, -0.1) is 10.3 Å². The summed E-state index contributed by atoms with van der Waals surface area (Å²) in [6.45, 7) is 9.48. The van der Waals surface area contributed by atoms with Gasteiger partial charge in [-0.25, -0.2) is 4.68 Å². The van der Waals surface area contributed by atoms with Crippen molar-refractivity contribution in [2.24, 2.45) is 0 Å². The fraction of sp³-hybridized carbons (Fsp3) is 0.385. The van der Waals surface area contributed by atoms with Gasteiger partial charge in [0.2, 0.25) is 0 Å². The summed E-state index contributed by atoms with van der Waals surface area (Å²) in [7, 11) is 0. The second-order valence-electron chi connectivity index (χ2n) is 10.3. The molecule has 0 aliphatic carbocycles. The average molecular weight is 535 g/mol. The Bertz CT molecular complexity index is 1250. The van der Waals surface area contributed by atoms with E-state index in [-0.39, 0.29) is 11.9 Å². The van der Waals surface area contributed by atoms with Gasteiger partial charge in [0, 0.05) is 38.3 Å². The number of piperidine rings is 1. The van der Waals surface area contributed by atoms with E-state index in [1.165, 1.54) is 0 Å². The number of nitrogens with zero attached hydrogens (tertiary/aromatic N) is 3. The molecule has 1 N–H and O–H groups in total. The standard InChI is InChI=1S/C26H28Cl3N4O2/c1-15-22(24(34)30-19-13-25(2,3)33(35)26(4,5)14-19)31-32(21-11-10-18(28)12-20(21)29)23(15)16-6-8-17(27)9-7-16/h6-12,19H,13-14H2,1-5H3,(H,30,34). The third-order valence-electron chi connectivity index (χ3n) is 6.52. The minimum absolute atomic E-state index is 0.166. The monoisotopic (exact) mass is 533 g/mol. The van der Waals surface area contributed by atoms with Gasteiger partial charge < -0.3 is 5.32 Å². The summed E-state index contributed by atoms with van der Waals surface area (Å²) < 4.78 is 1.67. The Morgan fingerprint density at radius 2 is 1.54 bits per heavy atom. The Kier molecular flexibility index (Phi) is 6.99. The number of nitrogens with one attached hydrogen (secondary N) is 1. The van der Waals surface area contributed by atoms with Crippen LogP contribution in [0.1, 0.15) is 56.6 Å². The van der Waals surface area contributed by atoms with Crippen LogP contribution in [0.4, 0.5) is 0 Å². The van der Waals surface area contributed by atoms with Crippen molar-refractivity contribution in [3.05, 3.63) is 68.8 Å². The highest BCUT2D eigenvalue weighted by molar-refractivity contribution is 6.35. The lowest BCUT2D eigenvalue weighted by atomic mass is 9.79. The molecule has 0 spiro atoms. The Hall–Kier alpha value is -2.09. The Morgan fingerprint density at radius 3 is 2.11 bits per heavy atom. The fourth-order valence-electron chi connectivity index (χ4n) is 5.10. The SMILES string of the molecule is Cc1c(C(=O)NC2CC(C)(C)N([O])C(C)(C)C2)nn(-c2ccc(Cl)cc2Cl)c1-c1ccc(Cl)cc1. The topological polar surface area (TPSA) is 70.1 Å². The van der Waals surface area contributed by atoms with Crippen molar-refractivity contribution in [2.75, 3.05) is 0 Å². The van der Waals surface area contributed by atoms with E-state index in [0.29, 0.717) is 44.9 Å². The van der Waals surface area contributed by atoms with Crippen LogP contribution in [0.25, 0.3) is 16.9 Å². The molecular weight excluding hydrogens is 507 g/mol. The van der Waals surface area contributed by atoms with E-state index in [0.717, 1.165) is 16.3 Å². The second-order valence-corrected chi connectivity index (χ2v) is 11.6. The van der Waals surface area contributed by atoms with Crippen LogP contribution in [0.2, 0.25) is 15.1 Å². The van der Waals surface area contributed by atoms with Crippen molar-refractivity contribution >= 4 is 40.7 Å². The average Bonchev–Trinajstić information content (AvgIpc) is 3.09. The van der Waals surface area contributed by atoms with Crippen LogP contribution in [0.5, 0.6) is 0 Å². The summed E-state index contributed by atoms with van der Waals surface area (Å²) in [6.07, 6.45) is 1.08. The minimum atomic E-state index is -0.598. The lowest BCUT2D eigenvalue weighted by Crippen LogP contribution is -2.62. The fourth-order valence-corrected chi connectivity index (χ4v) is 5.72. The molecule has 185 valence electrons. The molecule has 1 aliphatic heterocycles. The number of benzene rings is 2. The van der Waals surface area contributed by atoms with Crippen molar-refractivity contribution < 1.29 is 10.0 Å². The first-order valence-electron chi connectivity index (χ1n) is 11.4. The van der Waals surface area contributed by atoms with Gasteiger partial charge in [-0.05, 0) is 77.8 Å². The smallest absolute Gasteiger partial charge is 0.272 e. The lowest BCUT2D eigenvalue weighted by Gasteiger charge is -2.49. The van der Waals surface area contributed by atoms with Crippen LogP contribution < -0.4 is 5.32 Å². The maximum absolute atomic E-state index is 13.5. The Labute approximate surface area is 220 Å². The van der Waals surface area contributed by atoms with Crippen LogP contribution in [-0.2, 0) is 5.21 Å². The Morgan fingerprint density at radius 1 is 0.971 bits per heavy atom. The lowest BCUT2D eigenvalue weighted by molar-refractivity contribution is -0.289. The van der Waals surface area contributed by atoms with E-state index in [9.17, 15) is 10.0 Å². The Balaban J connectivity index is 1.76. The molecule has 3 aromatic rings. The van der Waals surface area contributed by atoms with Gasteiger partial charge in [-0.1, -0.05) is 46.9 Å². The highest BCUT2D eigenvalue weighted by Crippen LogP contribution is 2.38. The van der Waals surface area contributed by atoms with Gasteiger partial charge in [0.15, 0.2) is 5.69 Å². The molecule has 6 nitrogen and oxygen atoms in total. The number of hydroxylamine groups is 2. The normalized spacial score (nSPS) is 18.0. The van der Waals surface area contributed by atoms with E-state index in [4.69, 9.17) is 39.9 Å². The van der Waals surface area contributed by atoms with Gasteiger partial charge in [-0.2, -0.15) is 5.10 Å². The number of rotatable bonds is 4. The molecule has 2 aromatic carbocycles. The molecule has 0 bridgehead atoms. The quantitative estimate of drug-likeness (QED) is 0.395. The third-order valence-corrected chi connectivity index (χ3v) is 7.31. The van der Waals surface area contributed by atoms with Crippen LogP contribution in [0, 0.1) is 6.92 Å². The van der Waals surface area contributed by atoms with Gasteiger partial charge >= 0.3 is 0 Å². The summed E-state index contributed by atoms with van der Waals surface area (Å²) in [5, 5.41) is 23.2. The molecule has 0 unspecified atom stereocenters. The number of amides is 1. The molecule has 1 radical (unpaired) electrons. The molecule has 2 heterocycles. The molecule has 1 aromatic heterocycles. The number of hydrogen-bond acceptors (Lipinski definition) is 3. The number of carbonyl (C=O) groups excluding carboxylic acids is 1. The maximum atomic E-state index is 13.5. The van der Waals surface area contributed by atoms with Crippen molar-refractivity contribution in [2.45, 2.75) is 64.6 Å². The van der Waals surface area contributed by atoms with Crippen LogP contribution in [-0.4, -0.2) is 37.9 Å². The number of aromatic nitrogens is 2. The zero-order valence-electron chi connectivity index (χ0n) is 20.3. The molecule has 1 saturated heterocycles. The van der Waals surface area contributed by atoms with Crippen LogP contribution >= 0.6 is 34.8 Å². The van der Waals surface area contributed by atoms with Crippen LogP contribution in [0.15, 0.2) is 42.5 Å². The summed E-state index contributed by atoms with van der Waals surface area (Å²) in [4.78, 5) is 13.5. The van der Waals surface area contributed by atoms with Crippen molar-refractivity contribution in [1.82, 2.24) is 20.2 Å². The van der Waals surface area contributed by atoms with Gasteiger partial charge in [0.1, 0.15) is 0 Å². The zero-order chi connectivity index (χ0) is 25.7. The van der Waals surface area contributed by atoms with E-state index in [1.807, 2.05) is 46.8 Å². The first kappa shape index (κ1) is 26.0. The number of carbonyl (C=O) groups is 1. The maximum Gasteiger partial charge on any atom is 0.272 e. The minimum Gasteiger partial charge on any atom is -0.348 e. The molecule has 0 saturated carbocycles. The number of hydrogen-bond donors (Lipinski definition) is 1. The van der Waals surface area contributed by atoms with Crippen molar-refractivity contribution in [3.8, 4) is 16.9 Å². The molecular formula is C26H28Cl3N4O2. The predicted molar refractivity (Wildman–Crippen MR) is 140 cm³/mol. The highest BCUT2D eigenvalue weighted by atomic mass is 35.5. The highest BCUT2D eigenvalue weighted by Gasteiger charge is 2.46. The van der Waals surface area contributed by atoms with Gasteiger partial charge in [0.05, 0.1) is 16.4 Å². The first-order chi connectivity index (χ1) is 16.3. The van der Waals surface area contributed by atoms with Gasteiger partial charge in [-0.3, -0.25) is 4.79 Å². The summed E-state index contributed by atoms with van der Waals surface area (Å²) >= 11 is 18.7. The predicted octanol–water partition coefficient (Wildman–Crippen LogP) is 6.90. The third kappa shape index (κ3) is 5.09.